The number of rotatable bonds is 9. The van der Waals surface area contributed by atoms with E-state index in [2.05, 4.69) is 15.6 Å². The van der Waals surface area contributed by atoms with E-state index in [0.717, 1.165) is 12.5 Å². The SMILES string of the molecule is CCNC(=NCC(C)Oc1ccc(F)cc1)NCCOCC.I. The summed E-state index contributed by atoms with van der Waals surface area (Å²) in [5.74, 6) is 1.10. The zero-order valence-electron chi connectivity index (χ0n) is 14.0. The van der Waals surface area contributed by atoms with Crippen molar-refractivity contribution in [1.82, 2.24) is 10.6 Å². The molecule has 0 aliphatic rings. The number of ether oxygens (including phenoxy) is 2. The third kappa shape index (κ3) is 10.3. The monoisotopic (exact) mass is 439 g/mol. The van der Waals surface area contributed by atoms with Gasteiger partial charge in [0.2, 0.25) is 0 Å². The first-order chi connectivity index (χ1) is 10.7. The fourth-order valence-corrected chi connectivity index (χ4v) is 1.73. The Kier molecular flexibility index (Phi) is 12.7. The predicted molar refractivity (Wildman–Crippen MR) is 102 cm³/mol. The summed E-state index contributed by atoms with van der Waals surface area (Å²) in [5, 5.41) is 6.36. The molecule has 1 aromatic rings. The molecular weight excluding hydrogens is 412 g/mol. The number of hydrogen-bond donors (Lipinski definition) is 2. The molecule has 0 saturated heterocycles. The summed E-state index contributed by atoms with van der Waals surface area (Å²) in [5.41, 5.74) is 0. The van der Waals surface area contributed by atoms with Gasteiger partial charge in [0, 0.05) is 19.7 Å². The minimum Gasteiger partial charge on any atom is -0.489 e. The molecule has 132 valence electrons. The van der Waals surface area contributed by atoms with E-state index in [1.807, 2.05) is 20.8 Å². The molecule has 0 aliphatic heterocycles. The first-order valence-electron chi connectivity index (χ1n) is 7.67. The zero-order chi connectivity index (χ0) is 16.2. The highest BCUT2D eigenvalue weighted by Crippen LogP contribution is 2.12. The third-order valence-electron chi connectivity index (χ3n) is 2.74. The molecule has 1 unspecified atom stereocenters. The Morgan fingerprint density at radius 1 is 1.22 bits per heavy atom. The van der Waals surface area contributed by atoms with Gasteiger partial charge in [-0.3, -0.25) is 0 Å². The molecule has 0 aromatic heterocycles. The normalized spacial score (nSPS) is 12.3. The van der Waals surface area contributed by atoms with Crippen molar-refractivity contribution >= 4 is 29.9 Å². The van der Waals surface area contributed by atoms with Gasteiger partial charge in [0.05, 0.1) is 13.2 Å². The maximum atomic E-state index is 12.8. The lowest BCUT2D eigenvalue weighted by molar-refractivity contribution is 0.152. The lowest BCUT2D eigenvalue weighted by Gasteiger charge is -2.15. The lowest BCUT2D eigenvalue weighted by Crippen LogP contribution is -2.39. The molecular formula is C16H27FIN3O2. The van der Waals surface area contributed by atoms with Gasteiger partial charge in [-0.25, -0.2) is 9.38 Å². The molecule has 0 heterocycles. The van der Waals surface area contributed by atoms with Crippen LogP contribution in [-0.2, 0) is 4.74 Å². The van der Waals surface area contributed by atoms with E-state index in [4.69, 9.17) is 9.47 Å². The molecule has 0 amide bonds. The summed E-state index contributed by atoms with van der Waals surface area (Å²) >= 11 is 0. The van der Waals surface area contributed by atoms with E-state index in [9.17, 15) is 4.39 Å². The van der Waals surface area contributed by atoms with E-state index < -0.39 is 0 Å². The standard InChI is InChI=1S/C16H26FN3O2.HI/c1-4-18-16(19-10-11-21-5-2)20-12-13(3)22-15-8-6-14(17)7-9-15;/h6-9,13H,4-5,10-12H2,1-3H3,(H2,18,19,20);1H. The maximum absolute atomic E-state index is 12.8. The molecule has 0 fully saturated rings. The van der Waals surface area contributed by atoms with Crippen LogP contribution in [0, 0.1) is 5.82 Å². The van der Waals surface area contributed by atoms with E-state index in [0.29, 0.717) is 32.1 Å². The Labute approximate surface area is 155 Å². The molecule has 0 bridgehead atoms. The van der Waals surface area contributed by atoms with Crippen LogP contribution in [-0.4, -0.2) is 44.9 Å². The smallest absolute Gasteiger partial charge is 0.191 e. The molecule has 0 aliphatic carbocycles. The number of hydrogen-bond acceptors (Lipinski definition) is 3. The van der Waals surface area contributed by atoms with Crippen molar-refractivity contribution in [2.24, 2.45) is 4.99 Å². The summed E-state index contributed by atoms with van der Waals surface area (Å²) < 4.78 is 23.8. The summed E-state index contributed by atoms with van der Waals surface area (Å²) in [6.45, 7) is 9.24. The highest BCUT2D eigenvalue weighted by molar-refractivity contribution is 14.0. The maximum Gasteiger partial charge on any atom is 0.191 e. The summed E-state index contributed by atoms with van der Waals surface area (Å²) in [4.78, 5) is 4.46. The second-order valence-corrected chi connectivity index (χ2v) is 4.73. The van der Waals surface area contributed by atoms with Crippen LogP contribution in [0.3, 0.4) is 0 Å². The van der Waals surface area contributed by atoms with Gasteiger partial charge in [-0.2, -0.15) is 0 Å². The number of nitrogens with one attached hydrogen (secondary N) is 2. The van der Waals surface area contributed by atoms with Crippen LogP contribution < -0.4 is 15.4 Å². The van der Waals surface area contributed by atoms with Crippen LogP contribution in [0.5, 0.6) is 5.75 Å². The molecule has 0 spiro atoms. The molecule has 1 aromatic carbocycles. The van der Waals surface area contributed by atoms with Crippen molar-refractivity contribution in [3.63, 3.8) is 0 Å². The summed E-state index contributed by atoms with van der Waals surface area (Å²) in [7, 11) is 0. The van der Waals surface area contributed by atoms with Crippen molar-refractivity contribution < 1.29 is 13.9 Å². The van der Waals surface area contributed by atoms with Crippen molar-refractivity contribution in [1.29, 1.82) is 0 Å². The van der Waals surface area contributed by atoms with E-state index >= 15 is 0 Å². The molecule has 0 radical (unpaired) electrons. The van der Waals surface area contributed by atoms with Crippen LogP contribution in [0.2, 0.25) is 0 Å². The summed E-state index contributed by atoms with van der Waals surface area (Å²) in [6, 6.07) is 5.98. The van der Waals surface area contributed by atoms with E-state index in [-0.39, 0.29) is 35.9 Å². The second kappa shape index (κ2) is 13.4. The highest BCUT2D eigenvalue weighted by Gasteiger charge is 2.05. The van der Waals surface area contributed by atoms with E-state index in [1.54, 1.807) is 12.1 Å². The quantitative estimate of drug-likeness (QED) is 0.269. The fourth-order valence-electron chi connectivity index (χ4n) is 1.73. The lowest BCUT2D eigenvalue weighted by atomic mass is 10.3. The number of nitrogens with zero attached hydrogens (tertiary/aromatic N) is 1. The van der Waals surface area contributed by atoms with Crippen LogP contribution >= 0.6 is 24.0 Å². The van der Waals surface area contributed by atoms with Crippen molar-refractivity contribution in [3.8, 4) is 5.75 Å². The molecule has 1 atom stereocenters. The molecule has 0 saturated carbocycles. The Hall–Kier alpha value is -1.09. The van der Waals surface area contributed by atoms with Gasteiger partial charge in [-0.05, 0) is 45.0 Å². The summed E-state index contributed by atoms with van der Waals surface area (Å²) in [6.07, 6.45) is -0.104. The molecule has 7 heteroatoms. The fraction of sp³-hybridized carbons (Fsp3) is 0.562. The van der Waals surface area contributed by atoms with Gasteiger partial charge in [0.25, 0.3) is 0 Å². The molecule has 23 heavy (non-hydrogen) atoms. The van der Waals surface area contributed by atoms with Gasteiger partial charge in [-0.15, -0.1) is 24.0 Å². The van der Waals surface area contributed by atoms with Crippen LogP contribution in [0.1, 0.15) is 20.8 Å². The van der Waals surface area contributed by atoms with Crippen molar-refractivity contribution in [3.05, 3.63) is 30.1 Å². The van der Waals surface area contributed by atoms with Crippen molar-refractivity contribution in [2.75, 3.05) is 32.8 Å². The average molecular weight is 439 g/mol. The topological polar surface area (TPSA) is 54.9 Å². The minimum absolute atomic E-state index is 0. The third-order valence-corrected chi connectivity index (χ3v) is 2.74. The Balaban J connectivity index is 0.00000484. The number of aliphatic imine (C=N–C) groups is 1. The van der Waals surface area contributed by atoms with Gasteiger partial charge in [0.1, 0.15) is 17.7 Å². The Morgan fingerprint density at radius 3 is 2.52 bits per heavy atom. The molecule has 5 nitrogen and oxygen atoms in total. The van der Waals surface area contributed by atoms with Gasteiger partial charge < -0.3 is 20.1 Å². The van der Waals surface area contributed by atoms with Gasteiger partial charge >= 0.3 is 0 Å². The van der Waals surface area contributed by atoms with E-state index in [1.165, 1.54) is 12.1 Å². The minimum atomic E-state index is -0.272. The number of guanidine groups is 1. The first-order valence-corrected chi connectivity index (χ1v) is 7.67. The van der Waals surface area contributed by atoms with Crippen LogP contribution in [0.15, 0.2) is 29.3 Å². The van der Waals surface area contributed by atoms with Crippen LogP contribution in [0.4, 0.5) is 4.39 Å². The first kappa shape index (κ1) is 21.9. The average Bonchev–Trinajstić information content (AvgIpc) is 2.51. The zero-order valence-corrected chi connectivity index (χ0v) is 16.3. The van der Waals surface area contributed by atoms with Crippen LogP contribution in [0.25, 0.3) is 0 Å². The number of benzene rings is 1. The van der Waals surface area contributed by atoms with Gasteiger partial charge in [0.15, 0.2) is 5.96 Å². The molecule has 1 rings (SSSR count). The number of halogens is 2. The highest BCUT2D eigenvalue weighted by atomic mass is 127. The van der Waals surface area contributed by atoms with Crippen molar-refractivity contribution in [2.45, 2.75) is 26.9 Å². The Morgan fingerprint density at radius 2 is 1.91 bits per heavy atom. The second-order valence-electron chi connectivity index (χ2n) is 4.73. The predicted octanol–water partition coefficient (Wildman–Crippen LogP) is 2.80. The largest absolute Gasteiger partial charge is 0.489 e. The molecule has 2 N–H and O–H groups in total. The Bertz CT molecular complexity index is 443. The van der Waals surface area contributed by atoms with Gasteiger partial charge in [-0.1, -0.05) is 0 Å².